The molecule has 0 radical (unpaired) electrons. The fourth-order valence-electron chi connectivity index (χ4n) is 1.16. The van der Waals surface area contributed by atoms with Gasteiger partial charge in [-0.25, -0.2) is 0 Å². The second-order valence-electron chi connectivity index (χ2n) is 6.15. The molecule has 0 saturated carbocycles. The van der Waals surface area contributed by atoms with Crippen LogP contribution in [0.3, 0.4) is 0 Å². The summed E-state index contributed by atoms with van der Waals surface area (Å²) in [6.45, 7) is 11.9. The minimum absolute atomic E-state index is 1.08. The number of hydrogen-bond donors (Lipinski definition) is 2. The molecule has 0 unspecified atom stereocenters. The van der Waals surface area contributed by atoms with E-state index in [4.69, 9.17) is 4.80 Å². The highest BCUT2D eigenvalue weighted by molar-refractivity contribution is 6.69. The summed E-state index contributed by atoms with van der Waals surface area (Å²) < 4.78 is 0. The van der Waals surface area contributed by atoms with Gasteiger partial charge in [-0.3, -0.25) is 0 Å². The van der Waals surface area contributed by atoms with E-state index in [9.17, 15) is 4.80 Å². The molecule has 0 fully saturated rings. The van der Waals surface area contributed by atoms with Gasteiger partial charge in [-0.05, 0) is 38.8 Å². The zero-order valence-electron chi connectivity index (χ0n) is 12.1. The van der Waals surface area contributed by atoms with E-state index in [0.717, 1.165) is 6.04 Å². The molecule has 100 valence electrons. The summed E-state index contributed by atoms with van der Waals surface area (Å²) in [7, 11) is -3.33. The molecule has 0 aromatic carbocycles. The maximum absolute atomic E-state index is 9.51. The van der Waals surface area contributed by atoms with Gasteiger partial charge < -0.3 is 9.59 Å². The van der Waals surface area contributed by atoms with E-state index in [2.05, 4.69) is 6.92 Å². The van der Waals surface area contributed by atoms with Crippen molar-refractivity contribution in [2.75, 3.05) is 0 Å². The van der Waals surface area contributed by atoms with Crippen LogP contribution in [0, 0.1) is 0 Å². The van der Waals surface area contributed by atoms with Crippen molar-refractivity contribution in [3.8, 4) is 0 Å². The van der Waals surface area contributed by atoms with Gasteiger partial charge >= 0.3 is 0 Å². The second kappa shape index (κ2) is 9.39. The summed E-state index contributed by atoms with van der Waals surface area (Å²) >= 11 is 0. The molecule has 0 bridgehead atoms. The van der Waals surface area contributed by atoms with Gasteiger partial charge in [0.25, 0.3) is 0 Å². The van der Waals surface area contributed by atoms with Gasteiger partial charge in [-0.1, -0.05) is 39.0 Å². The second-order valence-corrected chi connectivity index (χ2v) is 14.6. The molecule has 16 heavy (non-hydrogen) atoms. The lowest BCUT2D eigenvalue weighted by Gasteiger charge is -2.12. The summed E-state index contributed by atoms with van der Waals surface area (Å²) in [4.78, 5) is 18.2. The van der Waals surface area contributed by atoms with Crippen LogP contribution in [0.1, 0.15) is 39.0 Å². The van der Waals surface area contributed by atoms with Gasteiger partial charge in [-0.15, -0.1) is 0 Å². The van der Waals surface area contributed by atoms with Crippen LogP contribution in [-0.2, 0) is 0 Å². The van der Waals surface area contributed by atoms with Crippen molar-refractivity contribution in [3.63, 3.8) is 0 Å². The summed E-state index contributed by atoms with van der Waals surface area (Å²) in [5.41, 5.74) is 0. The fraction of sp³-hybridized carbons (Fsp3) is 1.00. The minimum Gasteiger partial charge on any atom is -0.433 e. The monoisotopic (exact) mass is 264 g/mol. The number of rotatable bonds is 6. The maximum Gasteiger partial charge on any atom is 0.182 e. The lowest BCUT2D eigenvalue weighted by atomic mass is 10.2. The van der Waals surface area contributed by atoms with Crippen LogP contribution in [0.4, 0.5) is 0 Å². The van der Waals surface area contributed by atoms with Gasteiger partial charge in [0, 0.05) is 0 Å². The van der Waals surface area contributed by atoms with Crippen LogP contribution in [0.25, 0.3) is 0 Å². The van der Waals surface area contributed by atoms with Crippen molar-refractivity contribution in [2.24, 2.45) is 0 Å². The average molecular weight is 265 g/mol. The zero-order chi connectivity index (χ0) is 13.2. The molecule has 0 rings (SSSR count). The Hall–Kier alpha value is 0.354. The average Bonchev–Trinajstić information content (AvgIpc) is 1.98. The van der Waals surface area contributed by atoms with Crippen molar-refractivity contribution in [3.05, 3.63) is 0 Å². The summed E-state index contributed by atoms with van der Waals surface area (Å²) in [6.07, 6.45) is 6.55. The third-order valence-corrected chi connectivity index (χ3v) is 3.47. The molecule has 2 N–H and O–H groups in total. The smallest absolute Gasteiger partial charge is 0.182 e. The van der Waals surface area contributed by atoms with Crippen LogP contribution in [0.15, 0.2) is 0 Å². The maximum atomic E-state index is 9.51. The molecule has 2 nitrogen and oxygen atoms in total. The predicted molar refractivity (Wildman–Crippen MR) is 78.8 cm³/mol. The molecular formula is C12H32O2Si2. The molecule has 0 amide bonds. The van der Waals surface area contributed by atoms with Crippen molar-refractivity contribution in [1.29, 1.82) is 0 Å². The van der Waals surface area contributed by atoms with Crippen molar-refractivity contribution < 1.29 is 9.59 Å². The largest absolute Gasteiger partial charge is 0.433 e. The Morgan fingerprint density at radius 1 is 0.750 bits per heavy atom. The highest BCUT2D eigenvalue weighted by Crippen LogP contribution is 2.12. The standard InChI is InChI=1S/C9H22OSi.C3H10OSi/c1-4-5-6-7-8-9-11(2,3)10;1-5(2,3)4/h10H,4-9H2,1-3H3;4H,1-3H3. The van der Waals surface area contributed by atoms with Crippen LogP contribution >= 0.6 is 0 Å². The van der Waals surface area contributed by atoms with E-state index in [-0.39, 0.29) is 0 Å². The van der Waals surface area contributed by atoms with E-state index >= 15 is 0 Å². The Bertz CT molecular complexity index is 142. The van der Waals surface area contributed by atoms with Gasteiger partial charge in [0.1, 0.15) is 0 Å². The number of unbranched alkanes of at least 4 members (excludes halogenated alkanes) is 4. The molecule has 0 aliphatic heterocycles. The molecule has 0 atom stereocenters. The van der Waals surface area contributed by atoms with Crippen LogP contribution in [-0.4, -0.2) is 26.2 Å². The van der Waals surface area contributed by atoms with Gasteiger partial charge in [0.15, 0.2) is 16.6 Å². The zero-order valence-corrected chi connectivity index (χ0v) is 14.1. The highest BCUT2D eigenvalue weighted by Gasteiger charge is 2.14. The molecule has 0 aromatic heterocycles. The molecule has 0 heterocycles. The predicted octanol–water partition coefficient (Wildman–Crippen LogP) is 3.97. The normalized spacial score (nSPS) is 12.0. The van der Waals surface area contributed by atoms with Crippen molar-refractivity contribution in [2.45, 2.75) is 77.8 Å². The first-order chi connectivity index (χ1) is 7.06. The van der Waals surface area contributed by atoms with E-state index in [1.165, 1.54) is 32.1 Å². The Kier molecular flexibility index (Phi) is 11.0. The van der Waals surface area contributed by atoms with E-state index < -0.39 is 16.6 Å². The van der Waals surface area contributed by atoms with Gasteiger partial charge in [0.05, 0.1) is 0 Å². The molecule has 0 saturated heterocycles. The Morgan fingerprint density at radius 3 is 1.44 bits per heavy atom. The fourth-order valence-corrected chi connectivity index (χ4v) is 2.28. The van der Waals surface area contributed by atoms with Crippen LogP contribution < -0.4 is 0 Å². The molecule has 0 spiro atoms. The van der Waals surface area contributed by atoms with E-state index in [0.29, 0.717) is 0 Å². The third kappa shape index (κ3) is 36.7. The Balaban J connectivity index is 0. The molecule has 4 heteroatoms. The van der Waals surface area contributed by atoms with E-state index in [1.807, 2.05) is 32.7 Å². The van der Waals surface area contributed by atoms with Gasteiger partial charge in [0.2, 0.25) is 0 Å². The summed E-state index contributed by atoms with van der Waals surface area (Å²) in [6, 6.07) is 1.08. The lowest BCUT2D eigenvalue weighted by Crippen LogP contribution is -2.23. The van der Waals surface area contributed by atoms with Crippen LogP contribution in [0.2, 0.25) is 38.8 Å². The van der Waals surface area contributed by atoms with Crippen molar-refractivity contribution >= 4 is 16.6 Å². The lowest BCUT2D eigenvalue weighted by molar-refractivity contribution is 0.537. The minimum atomic E-state index is -1.72. The summed E-state index contributed by atoms with van der Waals surface area (Å²) in [5.74, 6) is 0. The number of hydrogen-bond acceptors (Lipinski definition) is 2. The molecule has 0 aliphatic rings. The molecule has 0 aromatic rings. The Labute approximate surface area is 104 Å². The topological polar surface area (TPSA) is 40.5 Å². The SMILES string of the molecule is CCCCCCC[Si](C)(C)O.C[Si](C)(C)O. The van der Waals surface area contributed by atoms with E-state index in [1.54, 1.807) is 0 Å². The first kappa shape index (κ1) is 18.7. The third-order valence-electron chi connectivity index (χ3n) is 1.89. The first-order valence-electron chi connectivity index (χ1n) is 6.51. The highest BCUT2D eigenvalue weighted by atomic mass is 28.4. The first-order valence-corrected chi connectivity index (χ1v) is 13.1. The summed E-state index contributed by atoms with van der Waals surface area (Å²) in [5, 5.41) is 0. The molecular weight excluding hydrogens is 232 g/mol. The van der Waals surface area contributed by atoms with Crippen LogP contribution in [0.5, 0.6) is 0 Å². The van der Waals surface area contributed by atoms with Crippen molar-refractivity contribution in [1.82, 2.24) is 0 Å². The van der Waals surface area contributed by atoms with Gasteiger partial charge in [-0.2, -0.15) is 0 Å². The Morgan fingerprint density at radius 2 is 1.12 bits per heavy atom. The quantitative estimate of drug-likeness (QED) is 0.563. The molecule has 0 aliphatic carbocycles.